The molecule has 1 saturated carbocycles. The Bertz CT molecular complexity index is 383. The zero-order chi connectivity index (χ0) is 11.4. The Morgan fingerprint density at radius 2 is 2.38 bits per heavy atom. The van der Waals surface area contributed by atoms with E-state index in [-0.39, 0.29) is 0 Å². The molecule has 0 saturated heterocycles. The maximum atomic E-state index is 4.17. The van der Waals surface area contributed by atoms with Crippen molar-refractivity contribution in [3.05, 3.63) is 34.1 Å². The highest BCUT2D eigenvalue weighted by Gasteiger charge is 2.19. The number of hydrogen-bond donors (Lipinski definition) is 1. The molecule has 1 N–H and O–H groups in total. The normalized spacial score (nSPS) is 16.5. The lowest BCUT2D eigenvalue weighted by Gasteiger charge is -2.06. The average molecular weight is 281 g/mol. The second-order valence-corrected chi connectivity index (χ2v) is 5.16. The lowest BCUT2D eigenvalue weighted by atomic mass is 10.1. The van der Waals surface area contributed by atoms with E-state index in [0.29, 0.717) is 0 Å². The van der Waals surface area contributed by atoms with Gasteiger partial charge in [-0.3, -0.25) is 4.98 Å². The van der Waals surface area contributed by atoms with E-state index in [9.17, 15) is 0 Å². The molecule has 16 heavy (non-hydrogen) atoms. The molecule has 1 aromatic heterocycles. The summed E-state index contributed by atoms with van der Waals surface area (Å²) in [5, 5.41) is 3.54. The van der Waals surface area contributed by atoms with E-state index < -0.39 is 0 Å². The highest BCUT2D eigenvalue weighted by atomic mass is 79.9. The predicted molar refractivity (Wildman–Crippen MR) is 71.2 cm³/mol. The van der Waals surface area contributed by atoms with Crippen LogP contribution in [0, 0.1) is 0 Å². The number of halogens is 1. The van der Waals surface area contributed by atoms with Crippen LogP contribution < -0.4 is 5.32 Å². The molecular formula is C13H17BrN2. The second-order valence-electron chi connectivity index (χ2n) is 4.25. The van der Waals surface area contributed by atoms with Crippen LogP contribution in [0.15, 0.2) is 28.5 Å². The van der Waals surface area contributed by atoms with Crippen molar-refractivity contribution in [3.63, 3.8) is 0 Å². The van der Waals surface area contributed by atoms with Gasteiger partial charge in [0.05, 0.1) is 0 Å². The monoisotopic (exact) mass is 280 g/mol. The number of hydrogen-bond acceptors (Lipinski definition) is 2. The van der Waals surface area contributed by atoms with E-state index in [2.05, 4.69) is 45.3 Å². The van der Waals surface area contributed by atoms with Crippen molar-refractivity contribution >= 4 is 22.0 Å². The van der Waals surface area contributed by atoms with Crippen molar-refractivity contribution < 1.29 is 0 Å². The molecule has 1 heterocycles. The van der Waals surface area contributed by atoms with Crippen molar-refractivity contribution in [1.82, 2.24) is 10.3 Å². The van der Waals surface area contributed by atoms with Gasteiger partial charge in [0, 0.05) is 29.5 Å². The van der Waals surface area contributed by atoms with Crippen molar-refractivity contribution in [1.29, 1.82) is 0 Å². The molecule has 1 fully saturated rings. The van der Waals surface area contributed by atoms with Gasteiger partial charge >= 0.3 is 0 Å². The van der Waals surface area contributed by atoms with Crippen LogP contribution in [0.3, 0.4) is 0 Å². The highest BCUT2D eigenvalue weighted by molar-refractivity contribution is 9.10. The fraction of sp³-hybridized carbons (Fsp3) is 0.462. The lowest BCUT2D eigenvalue weighted by Crippen LogP contribution is -2.18. The third-order valence-corrected chi connectivity index (χ3v) is 3.18. The van der Waals surface area contributed by atoms with Crippen molar-refractivity contribution in [3.8, 4) is 0 Å². The Morgan fingerprint density at radius 3 is 3.00 bits per heavy atom. The average Bonchev–Trinajstić information content (AvgIpc) is 3.08. The van der Waals surface area contributed by atoms with Gasteiger partial charge in [0.15, 0.2) is 0 Å². The number of nitrogens with zero attached hydrogens (tertiary/aromatic N) is 1. The van der Waals surface area contributed by atoms with E-state index in [0.717, 1.165) is 23.5 Å². The van der Waals surface area contributed by atoms with Gasteiger partial charge in [-0.2, -0.15) is 0 Å². The van der Waals surface area contributed by atoms with E-state index in [4.69, 9.17) is 0 Å². The zero-order valence-electron chi connectivity index (χ0n) is 9.54. The van der Waals surface area contributed by atoms with Gasteiger partial charge in [0.25, 0.3) is 0 Å². The summed E-state index contributed by atoms with van der Waals surface area (Å²) >= 11 is 3.44. The molecule has 0 unspecified atom stereocenters. The van der Waals surface area contributed by atoms with Gasteiger partial charge in [-0.1, -0.05) is 18.6 Å². The van der Waals surface area contributed by atoms with E-state index in [1.54, 1.807) is 0 Å². The summed E-state index contributed by atoms with van der Waals surface area (Å²) < 4.78 is 1.03. The first-order chi connectivity index (χ1) is 7.78. The predicted octanol–water partition coefficient (Wildman–Crippen LogP) is 3.39. The number of aromatic nitrogens is 1. The van der Waals surface area contributed by atoms with Crippen LogP contribution in [-0.2, 0) is 0 Å². The molecule has 0 atom stereocenters. The molecule has 1 aromatic rings. The van der Waals surface area contributed by atoms with Gasteiger partial charge in [-0.05, 0) is 46.8 Å². The Labute approximate surface area is 105 Å². The summed E-state index contributed by atoms with van der Waals surface area (Å²) in [7, 11) is 0. The molecule has 2 nitrogen and oxygen atoms in total. The number of rotatable bonds is 5. The standard InChI is InChI=1S/C13H17BrN2/c1-2-10(8-16-13-3-4-13)5-11-6-12(14)9-15-7-11/h5-7,9,13,16H,2-4,8H2,1H3/b10-5-. The second kappa shape index (κ2) is 5.60. The van der Waals surface area contributed by atoms with E-state index >= 15 is 0 Å². The summed E-state index contributed by atoms with van der Waals surface area (Å²) in [6, 6.07) is 2.87. The first kappa shape index (κ1) is 11.8. The first-order valence-corrected chi connectivity index (χ1v) is 6.60. The third kappa shape index (κ3) is 3.72. The van der Waals surface area contributed by atoms with E-state index in [1.807, 2.05) is 12.4 Å². The molecule has 3 heteroatoms. The summed E-state index contributed by atoms with van der Waals surface area (Å²) in [5.74, 6) is 0. The number of nitrogens with one attached hydrogen (secondary N) is 1. The minimum absolute atomic E-state index is 0.774. The van der Waals surface area contributed by atoms with Crippen LogP contribution in [0.5, 0.6) is 0 Å². The van der Waals surface area contributed by atoms with Gasteiger partial charge in [-0.15, -0.1) is 0 Å². The van der Waals surface area contributed by atoms with Crippen LogP contribution in [0.1, 0.15) is 31.7 Å². The molecule has 0 spiro atoms. The molecule has 0 aliphatic heterocycles. The van der Waals surface area contributed by atoms with Crippen molar-refractivity contribution in [2.75, 3.05) is 6.54 Å². The van der Waals surface area contributed by atoms with Crippen molar-refractivity contribution in [2.45, 2.75) is 32.2 Å². The summed E-state index contributed by atoms with van der Waals surface area (Å²) in [6.45, 7) is 3.21. The van der Waals surface area contributed by atoms with Crippen molar-refractivity contribution in [2.24, 2.45) is 0 Å². The summed E-state index contributed by atoms with van der Waals surface area (Å²) in [4.78, 5) is 4.17. The summed E-state index contributed by atoms with van der Waals surface area (Å²) in [6.07, 6.45) is 9.72. The fourth-order valence-electron chi connectivity index (χ4n) is 1.58. The summed E-state index contributed by atoms with van der Waals surface area (Å²) in [5.41, 5.74) is 2.61. The van der Waals surface area contributed by atoms with Crippen LogP contribution in [0.2, 0.25) is 0 Å². The topological polar surface area (TPSA) is 24.9 Å². The van der Waals surface area contributed by atoms with Gasteiger partial charge in [0.2, 0.25) is 0 Å². The van der Waals surface area contributed by atoms with Crippen LogP contribution in [0.4, 0.5) is 0 Å². The van der Waals surface area contributed by atoms with Crippen LogP contribution >= 0.6 is 15.9 Å². The van der Waals surface area contributed by atoms with E-state index in [1.165, 1.54) is 24.0 Å². The molecule has 86 valence electrons. The molecule has 1 aliphatic rings. The molecule has 0 aromatic carbocycles. The number of pyridine rings is 1. The Hall–Kier alpha value is -0.670. The quantitative estimate of drug-likeness (QED) is 0.894. The minimum Gasteiger partial charge on any atom is -0.310 e. The van der Waals surface area contributed by atoms with Gasteiger partial charge in [-0.25, -0.2) is 0 Å². The molecule has 0 bridgehead atoms. The first-order valence-electron chi connectivity index (χ1n) is 5.81. The SMILES string of the molecule is CC/C(=C/c1cncc(Br)c1)CNC1CC1. The molecule has 0 amide bonds. The largest absolute Gasteiger partial charge is 0.310 e. The molecular weight excluding hydrogens is 264 g/mol. The minimum atomic E-state index is 0.774. The molecule has 0 radical (unpaired) electrons. The molecule has 2 rings (SSSR count). The van der Waals surface area contributed by atoms with Gasteiger partial charge in [0.1, 0.15) is 0 Å². The third-order valence-electron chi connectivity index (χ3n) is 2.75. The lowest BCUT2D eigenvalue weighted by molar-refractivity contribution is 0.723. The maximum Gasteiger partial charge on any atom is 0.0410 e. The fourth-order valence-corrected chi connectivity index (χ4v) is 1.97. The Morgan fingerprint density at radius 1 is 1.56 bits per heavy atom. The Balaban J connectivity index is 2.00. The highest BCUT2D eigenvalue weighted by Crippen LogP contribution is 2.20. The van der Waals surface area contributed by atoms with Crippen LogP contribution in [0.25, 0.3) is 6.08 Å². The van der Waals surface area contributed by atoms with Gasteiger partial charge < -0.3 is 5.32 Å². The Kier molecular flexibility index (Phi) is 4.13. The zero-order valence-corrected chi connectivity index (χ0v) is 11.1. The molecule has 1 aliphatic carbocycles. The maximum absolute atomic E-state index is 4.17. The smallest absolute Gasteiger partial charge is 0.0410 e. The van der Waals surface area contributed by atoms with Crippen LogP contribution in [-0.4, -0.2) is 17.6 Å².